The van der Waals surface area contributed by atoms with Crippen LogP contribution in [-0.4, -0.2) is 6.04 Å². The SMILES string of the molecule is CCCCC(C)Nc1cc(Br)cc(C(F)(F)F)c1. The molecule has 1 atom stereocenters. The summed E-state index contributed by atoms with van der Waals surface area (Å²) in [6.45, 7) is 4.07. The van der Waals surface area contributed by atoms with Crippen LogP contribution in [0.4, 0.5) is 18.9 Å². The third-order valence-corrected chi connectivity index (χ3v) is 3.09. The molecule has 0 fully saturated rings. The van der Waals surface area contributed by atoms with Gasteiger partial charge >= 0.3 is 6.18 Å². The molecule has 0 aliphatic heterocycles. The predicted octanol–water partition coefficient (Wildman–Crippen LogP) is 5.46. The van der Waals surface area contributed by atoms with Crippen LogP contribution in [-0.2, 0) is 6.18 Å². The van der Waals surface area contributed by atoms with Crippen LogP contribution in [0.15, 0.2) is 22.7 Å². The van der Waals surface area contributed by atoms with Crippen LogP contribution in [0.1, 0.15) is 38.7 Å². The molecule has 0 bridgehead atoms. The first-order chi connectivity index (χ1) is 8.32. The Balaban J connectivity index is 2.80. The highest BCUT2D eigenvalue weighted by Crippen LogP contribution is 2.33. The molecule has 1 rings (SSSR count). The van der Waals surface area contributed by atoms with Crippen LogP contribution in [0.5, 0.6) is 0 Å². The standard InChI is InChI=1S/C13H17BrF3N/c1-3-4-5-9(2)18-12-7-10(13(15,16)17)6-11(14)8-12/h6-9,18H,3-5H2,1-2H3. The highest BCUT2D eigenvalue weighted by atomic mass is 79.9. The van der Waals surface area contributed by atoms with Crippen molar-refractivity contribution in [1.29, 1.82) is 0 Å². The maximum Gasteiger partial charge on any atom is 0.416 e. The molecule has 1 N–H and O–H groups in total. The number of unbranched alkanes of at least 4 members (excludes halogenated alkanes) is 1. The Morgan fingerprint density at radius 2 is 1.94 bits per heavy atom. The summed E-state index contributed by atoms with van der Waals surface area (Å²) in [5.41, 5.74) is -0.137. The summed E-state index contributed by atoms with van der Waals surface area (Å²) in [6, 6.07) is 4.06. The smallest absolute Gasteiger partial charge is 0.383 e. The second-order valence-corrected chi connectivity index (χ2v) is 5.33. The monoisotopic (exact) mass is 323 g/mol. The topological polar surface area (TPSA) is 12.0 Å². The molecule has 0 heterocycles. The van der Waals surface area contributed by atoms with Gasteiger partial charge in [0.05, 0.1) is 5.56 Å². The van der Waals surface area contributed by atoms with Gasteiger partial charge in [-0.15, -0.1) is 0 Å². The molecule has 1 unspecified atom stereocenters. The lowest BCUT2D eigenvalue weighted by Gasteiger charge is -2.17. The molecule has 0 radical (unpaired) electrons. The lowest BCUT2D eigenvalue weighted by Crippen LogP contribution is -2.15. The number of rotatable bonds is 5. The zero-order valence-corrected chi connectivity index (χ0v) is 12.0. The van der Waals surface area contributed by atoms with Crippen LogP contribution in [0.3, 0.4) is 0 Å². The van der Waals surface area contributed by atoms with Gasteiger partial charge in [0.2, 0.25) is 0 Å². The van der Waals surface area contributed by atoms with Crippen LogP contribution in [0.25, 0.3) is 0 Å². The normalized spacial score (nSPS) is 13.4. The zero-order chi connectivity index (χ0) is 13.8. The fourth-order valence-electron chi connectivity index (χ4n) is 1.70. The Bertz CT molecular complexity index is 390. The lowest BCUT2D eigenvalue weighted by atomic mass is 10.1. The van der Waals surface area contributed by atoms with Gasteiger partial charge in [0.15, 0.2) is 0 Å². The summed E-state index contributed by atoms with van der Waals surface area (Å²) in [7, 11) is 0. The number of alkyl halides is 3. The quantitative estimate of drug-likeness (QED) is 0.758. The van der Waals surface area contributed by atoms with E-state index >= 15 is 0 Å². The van der Waals surface area contributed by atoms with Gasteiger partial charge in [0.1, 0.15) is 0 Å². The number of benzene rings is 1. The molecule has 0 aliphatic carbocycles. The number of halogens is 4. The van der Waals surface area contributed by atoms with Crippen molar-refractivity contribution in [1.82, 2.24) is 0 Å². The van der Waals surface area contributed by atoms with Gasteiger partial charge in [-0.25, -0.2) is 0 Å². The fourth-order valence-corrected chi connectivity index (χ4v) is 2.20. The van der Waals surface area contributed by atoms with Crippen LogP contribution >= 0.6 is 15.9 Å². The first kappa shape index (κ1) is 15.3. The van der Waals surface area contributed by atoms with Gasteiger partial charge in [0.25, 0.3) is 0 Å². The summed E-state index contributed by atoms with van der Waals surface area (Å²) in [5, 5.41) is 3.10. The van der Waals surface area contributed by atoms with E-state index < -0.39 is 11.7 Å². The van der Waals surface area contributed by atoms with Crippen molar-refractivity contribution in [3.8, 4) is 0 Å². The number of nitrogens with one attached hydrogen (secondary N) is 1. The third-order valence-electron chi connectivity index (χ3n) is 2.63. The second-order valence-electron chi connectivity index (χ2n) is 4.41. The molecule has 1 aromatic carbocycles. The van der Waals surface area contributed by atoms with E-state index in [2.05, 4.69) is 28.2 Å². The van der Waals surface area contributed by atoms with Crippen molar-refractivity contribution in [2.45, 2.75) is 45.3 Å². The zero-order valence-electron chi connectivity index (χ0n) is 10.4. The van der Waals surface area contributed by atoms with E-state index in [4.69, 9.17) is 0 Å². The molecule has 102 valence electrons. The van der Waals surface area contributed by atoms with Gasteiger partial charge in [0, 0.05) is 16.2 Å². The molecule has 18 heavy (non-hydrogen) atoms. The van der Waals surface area contributed by atoms with Gasteiger partial charge in [-0.1, -0.05) is 35.7 Å². The maximum atomic E-state index is 12.6. The summed E-state index contributed by atoms with van der Waals surface area (Å²) in [4.78, 5) is 0. The molecule has 0 saturated carbocycles. The largest absolute Gasteiger partial charge is 0.416 e. The van der Waals surface area contributed by atoms with Crippen molar-refractivity contribution in [2.75, 3.05) is 5.32 Å². The third kappa shape index (κ3) is 4.88. The molecule has 0 amide bonds. The molecule has 5 heteroatoms. The Morgan fingerprint density at radius 1 is 1.28 bits per heavy atom. The van der Waals surface area contributed by atoms with E-state index in [-0.39, 0.29) is 6.04 Å². The van der Waals surface area contributed by atoms with E-state index in [0.29, 0.717) is 10.2 Å². The molecule has 0 aromatic heterocycles. The van der Waals surface area contributed by atoms with Crippen molar-refractivity contribution in [2.24, 2.45) is 0 Å². The van der Waals surface area contributed by atoms with Crippen molar-refractivity contribution >= 4 is 21.6 Å². The minimum Gasteiger partial charge on any atom is -0.383 e. The summed E-state index contributed by atoms with van der Waals surface area (Å²) < 4.78 is 38.4. The van der Waals surface area contributed by atoms with Crippen LogP contribution < -0.4 is 5.32 Å². The van der Waals surface area contributed by atoms with E-state index in [9.17, 15) is 13.2 Å². The Kier molecular flexibility index (Phi) is 5.50. The Hall–Kier alpha value is -0.710. The molecular weight excluding hydrogens is 307 g/mol. The van der Waals surface area contributed by atoms with E-state index in [1.54, 1.807) is 6.07 Å². The lowest BCUT2D eigenvalue weighted by molar-refractivity contribution is -0.137. The van der Waals surface area contributed by atoms with E-state index in [1.807, 2.05) is 6.92 Å². The fraction of sp³-hybridized carbons (Fsp3) is 0.538. The molecule has 0 aliphatic rings. The molecule has 0 saturated heterocycles. The van der Waals surface area contributed by atoms with Gasteiger partial charge < -0.3 is 5.32 Å². The first-order valence-electron chi connectivity index (χ1n) is 5.97. The predicted molar refractivity (Wildman–Crippen MR) is 71.8 cm³/mol. The van der Waals surface area contributed by atoms with E-state index in [0.717, 1.165) is 31.4 Å². The maximum absolute atomic E-state index is 12.6. The van der Waals surface area contributed by atoms with Crippen LogP contribution in [0, 0.1) is 0 Å². The van der Waals surface area contributed by atoms with Gasteiger partial charge in [-0.05, 0) is 31.5 Å². The molecule has 0 spiro atoms. The number of anilines is 1. The van der Waals surface area contributed by atoms with Crippen molar-refractivity contribution in [3.63, 3.8) is 0 Å². The average Bonchev–Trinajstić information content (AvgIpc) is 2.24. The molecule has 1 aromatic rings. The number of hydrogen-bond donors (Lipinski definition) is 1. The summed E-state index contributed by atoms with van der Waals surface area (Å²) in [6.07, 6.45) is -1.22. The highest BCUT2D eigenvalue weighted by Gasteiger charge is 2.31. The van der Waals surface area contributed by atoms with Crippen LogP contribution in [0.2, 0.25) is 0 Å². The Labute approximate surface area is 114 Å². The first-order valence-corrected chi connectivity index (χ1v) is 6.76. The molecular formula is C13H17BrF3N. The minimum atomic E-state index is -4.31. The van der Waals surface area contributed by atoms with E-state index in [1.165, 1.54) is 0 Å². The van der Waals surface area contributed by atoms with Crippen molar-refractivity contribution in [3.05, 3.63) is 28.2 Å². The summed E-state index contributed by atoms with van der Waals surface area (Å²) >= 11 is 3.11. The minimum absolute atomic E-state index is 0.167. The molecule has 1 nitrogen and oxygen atoms in total. The summed E-state index contributed by atoms with van der Waals surface area (Å²) in [5.74, 6) is 0. The highest BCUT2D eigenvalue weighted by molar-refractivity contribution is 9.10. The van der Waals surface area contributed by atoms with Gasteiger partial charge in [-0.3, -0.25) is 0 Å². The van der Waals surface area contributed by atoms with Crippen molar-refractivity contribution < 1.29 is 13.2 Å². The number of hydrogen-bond acceptors (Lipinski definition) is 1. The second kappa shape index (κ2) is 6.45. The average molecular weight is 324 g/mol. The van der Waals surface area contributed by atoms with Gasteiger partial charge in [-0.2, -0.15) is 13.2 Å². The Morgan fingerprint density at radius 3 is 2.50 bits per heavy atom.